The number of rotatable bonds is 6. The maximum atomic E-state index is 13.2. The van der Waals surface area contributed by atoms with E-state index in [1.165, 1.54) is 12.1 Å². The molecule has 0 aliphatic heterocycles. The average Bonchev–Trinajstić information content (AvgIpc) is 2.47. The highest BCUT2D eigenvalue weighted by molar-refractivity contribution is 9.10. The fraction of sp³-hybridized carbons (Fsp3) is 0.250. The SMILES string of the molecule is CCCOc1ccccc1NCc1cc(F)ccc1Br. The molecule has 106 valence electrons. The van der Waals surface area contributed by atoms with Crippen LogP contribution in [0.4, 0.5) is 10.1 Å². The molecule has 2 nitrogen and oxygen atoms in total. The number of hydrogen-bond donors (Lipinski definition) is 1. The van der Waals surface area contributed by atoms with Gasteiger partial charge in [0.15, 0.2) is 0 Å². The van der Waals surface area contributed by atoms with E-state index in [-0.39, 0.29) is 5.82 Å². The molecule has 0 aliphatic rings. The zero-order chi connectivity index (χ0) is 14.4. The first-order valence-corrected chi connectivity index (χ1v) is 7.39. The van der Waals surface area contributed by atoms with Crippen molar-refractivity contribution in [3.63, 3.8) is 0 Å². The molecule has 0 spiro atoms. The van der Waals surface area contributed by atoms with Crippen LogP contribution in [0.5, 0.6) is 5.75 Å². The largest absolute Gasteiger partial charge is 0.491 e. The summed E-state index contributed by atoms with van der Waals surface area (Å²) in [6.07, 6.45) is 0.962. The van der Waals surface area contributed by atoms with Crippen LogP contribution in [0.25, 0.3) is 0 Å². The van der Waals surface area contributed by atoms with Crippen molar-refractivity contribution in [2.24, 2.45) is 0 Å². The molecule has 20 heavy (non-hydrogen) atoms. The monoisotopic (exact) mass is 337 g/mol. The van der Waals surface area contributed by atoms with E-state index in [0.29, 0.717) is 13.2 Å². The third kappa shape index (κ3) is 3.97. The number of anilines is 1. The highest BCUT2D eigenvalue weighted by Crippen LogP contribution is 2.26. The predicted octanol–water partition coefficient (Wildman–Crippen LogP) is 4.99. The van der Waals surface area contributed by atoms with Gasteiger partial charge in [0.25, 0.3) is 0 Å². The fourth-order valence-corrected chi connectivity index (χ4v) is 2.21. The van der Waals surface area contributed by atoms with Gasteiger partial charge in [-0.15, -0.1) is 0 Å². The van der Waals surface area contributed by atoms with Gasteiger partial charge in [0.1, 0.15) is 11.6 Å². The van der Waals surface area contributed by atoms with Crippen molar-refractivity contribution < 1.29 is 9.13 Å². The molecule has 0 radical (unpaired) electrons. The van der Waals surface area contributed by atoms with Crippen LogP contribution >= 0.6 is 15.9 Å². The van der Waals surface area contributed by atoms with E-state index < -0.39 is 0 Å². The number of nitrogens with one attached hydrogen (secondary N) is 1. The van der Waals surface area contributed by atoms with Crippen LogP contribution in [-0.4, -0.2) is 6.61 Å². The molecule has 0 saturated carbocycles. The Morgan fingerprint density at radius 3 is 2.80 bits per heavy atom. The molecule has 2 rings (SSSR count). The molecule has 0 amide bonds. The van der Waals surface area contributed by atoms with Crippen molar-refractivity contribution in [2.75, 3.05) is 11.9 Å². The van der Waals surface area contributed by atoms with Crippen LogP contribution < -0.4 is 10.1 Å². The second-order valence-corrected chi connectivity index (χ2v) is 5.29. The lowest BCUT2D eigenvalue weighted by Crippen LogP contribution is -2.04. The van der Waals surface area contributed by atoms with Gasteiger partial charge in [0, 0.05) is 11.0 Å². The topological polar surface area (TPSA) is 21.3 Å². The Morgan fingerprint density at radius 2 is 2.00 bits per heavy atom. The molecule has 0 fully saturated rings. The number of hydrogen-bond acceptors (Lipinski definition) is 2. The van der Waals surface area contributed by atoms with Gasteiger partial charge in [-0.2, -0.15) is 0 Å². The van der Waals surface area contributed by atoms with E-state index >= 15 is 0 Å². The summed E-state index contributed by atoms with van der Waals surface area (Å²) in [6.45, 7) is 3.28. The van der Waals surface area contributed by atoms with Crippen molar-refractivity contribution in [2.45, 2.75) is 19.9 Å². The summed E-state index contributed by atoms with van der Waals surface area (Å²) in [7, 11) is 0. The molecule has 4 heteroatoms. The smallest absolute Gasteiger partial charge is 0.142 e. The van der Waals surface area contributed by atoms with Gasteiger partial charge in [-0.1, -0.05) is 35.0 Å². The molecule has 0 saturated heterocycles. The van der Waals surface area contributed by atoms with E-state index in [9.17, 15) is 4.39 Å². The summed E-state index contributed by atoms with van der Waals surface area (Å²) < 4.78 is 19.8. The molecule has 1 N–H and O–H groups in total. The fourth-order valence-electron chi connectivity index (χ4n) is 1.82. The molecule has 0 unspecified atom stereocenters. The van der Waals surface area contributed by atoms with E-state index in [2.05, 4.69) is 28.2 Å². The average molecular weight is 338 g/mol. The normalized spacial score (nSPS) is 10.3. The summed E-state index contributed by atoms with van der Waals surface area (Å²) in [5, 5.41) is 3.28. The summed E-state index contributed by atoms with van der Waals surface area (Å²) in [6, 6.07) is 12.4. The van der Waals surface area contributed by atoms with Crippen molar-refractivity contribution in [3.8, 4) is 5.75 Å². The maximum absolute atomic E-state index is 13.2. The Labute approximate surface area is 127 Å². The van der Waals surface area contributed by atoms with Crippen LogP contribution in [0.1, 0.15) is 18.9 Å². The number of halogens is 2. The zero-order valence-corrected chi connectivity index (χ0v) is 12.9. The minimum Gasteiger partial charge on any atom is -0.491 e. The summed E-state index contributed by atoms with van der Waals surface area (Å²) >= 11 is 3.43. The van der Waals surface area contributed by atoms with Crippen molar-refractivity contribution in [1.82, 2.24) is 0 Å². The number of para-hydroxylation sites is 2. The van der Waals surface area contributed by atoms with Crippen LogP contribution in [0.3, 0.4) is 0 Å². The van der Waals surface area contributed by atoms with E-state index in [0.717, 1.165) is 27.9 Å². The lowest BCUT2D eigenvalue weighted by atomic mass is 10.2. The molecule has 0 aliphatic carbocycles. The first-order chi connectivity index (χ1) is 9.70. The highest BCUT2D eigenvalue weighted by atomic mass is 79.9. The quantitative estimate of drug-likeness (QED) is 0.801. The van der Waals surface area contributed by atoms with Crippen LogP contribution in [0.2, 0.25) is 0 Å². The minimum absolute atomic E-state index is 0.236. The van der Waals surface area contributed by atoms with Gasteiger partial charge in [-0.25, -0.2) is 4.39 Å². The molecule has 0 bridgehead atoms. The second-order valence-electron chi connectivity index (χ2n) is 4.43. The van der Waals surface area contributed by atoms with Gasteiger partial charge >= 0.3 is 0 Å². The molecule has 0 heterocycles. The van der Waals surface area contributed by atoms with Gasteiger partial charge in [-0.05, 0) is 42.3 Å². The number of ether oxygens (including phenoxy) is 1. The van der Waals surface area contributed by atoms with Gasteiger partial charge in [0.05, 0.1) is 12.3 Å². The van der Waals surface area contributed by atoms with E-state index in [4.69, 9.17) is 4.74 Å². The molecule has 2 aromatic carbocycles. The Hall–Kier alpha value is -1.55. The van der Waals surface area contributed by atoms with Crippen molar-refractivity contribution in [1.29, 1.82) is 0 Å². The van der Waals surface area contributed by atoms with Crippen LogP contribution in [-0.2, 0) is 6.54 Å². The molecule has 2 aromatic rings. The Kier molecular flexibility index (Phi) is 5.41. The third-order valence-electron chi connectivity index (χ3n) is 2.83. The third-order valence-corrected chi connectivity index (χ3v) is 3.60. The summed E-state index contributed by atoms with van der Waals surface area (Å²) in [5.74, 6) is 0.586. The van der Waals surface area contributed by atoms with Crippen molar-refractivity contribution in [3.05, 3.63) is 58.3 Å². The van der Waals surface area contributed by atoms with Crippen LogP contribution in [0.15, 0.2) is 46.9 Å². The van der Waals surface area contributed by atoms with E-state index in [1.54, 1.807) is 6.07 Å². The van der Waals surface area contributed by atoms with Gasteiger partial charge in [0.2, 0.25) is 0 Å². The number of benzene rings is 2. The first kappa shape index (κ1) is 14.9. The molecule has 0 aromatic heterocycles. The van der Waals surface area contributed by atoms with Gasteiger partial charge < -0.3 is 10.1 Å². The Balaban J connectivity index is 2.08. The zero-order valence-electron chi connectivity index (χ0n) is 11.3. The second kappa shape index (κ2) is 7.29. The summed E-state index contributed by atoms with van der Waals surface area (Å²) in [4.78, 5) is 0. The standard InChI is InChI=1S/C16H17BrFNO/c1-2-9-20-16-6-4-3-5-15(16)19-11-12-10-13(18)7-8-14(12)17/h3-8,10,19H,2,9,11H2,1H3. The van der Waals surface area contributed by atoms with Gasteiger partial charge in [-0.3, -0.25) is 0 Å². The molecule has 0 atom stereocenters. The maximum Gasteiger partial charge on any atom is 0.142 e. The molecular weight excluding hydrogens is 321 g/mol. The highest BCUT2D eigenvalue weighted by Gasteiger charge is 2.05. The lowest BCUT2D eigenvalue weighted by molar-refractivity contribution is 0.319. The Morgan fingerprint density at radius 1 is 1.20 bits per heavy atom. The molecular formula is C16H17BrFNO. The first-order valence-electron chi connectivity index (χ1n) is 6.60. The van der Waals surface area contributed by atoms with E-state index in [1.807, 2.05) is 24.3 Å². The minimum atomic E-state index is -0.236. The Bertz CT molecular complexity index is 574. The predicted molar refractivity (Wildman–Crippen MR) is 83.7 cm³/mol. The summed E-state index contributed by atoms with van der Waals surface area (Å²) in [5.41, 5.74) is 1.78. The van der Waals surface area contributed by atoms with Crippen molar-refractivity contribution >= 4 is 21.6 Å². The lowest BCUT2D eigenvalue weighted by Gasteiger charge is -2.13. The van der Waals surface area contributed by atoms with Crippen LogP contribution in [0, 0.1) is 5.82 Å².